The fraction of sp³-hybridized carbons (Fsp3) is 0.0400. The molecule has 0 saturated carbocycles. The number of sulfonamides is 1. The number of ether oxygens (including phenoxy) is 1. The second kappa shape index (κ2) is 10.2. The zero-order valence-electron chi connectivity index (χ0n) is 18.6. The number of benzene rings is 4. The van der Waals surface area contributed by atoms with Crippen molar-refractivity contribution in [2.24, 2.45) is 0 Å². The van der Waals surface area contributed by atoms with Crippen LogP contribution in [-0.2, 0) is 10.0 Å². The molecule has 4 aromatic carbocycles. The van der Waals surface area contributed by atoms with Gasteiger partial charge in [-0.1, -0.05) is 51.8 Å². The summed E-state index contributed by atoms with van der Waals surface area (Å²) >= 11 is 9.44. The maximum absolute atomic E-state index is 13.4. The first kappa shape index (κ1) is 25.5. The van der Waals surface area contributed by atoms with Crippen molar-refractivity contribution in [3.63, 3.8) is 0 Å². The summed E-state index contributed by atoms with van der Waals surface area (Å²) in [5.41, 5.74) is 0.210. The van der Waals surface area contributed by atoms with E-state index in [0.717, 1.165) is 6.07 Å². The fourth-order valence-corrected chi connectivity index (χ4v) is 5.44. The summed E-state index contributed by atoms with van der Waals surface area (Å²) in [7, 11) is -2.90. The van der Waals surface area contributed by atoms with E-state index < -0.39 is 21.9 Å². The van der Waals surface area contributed by atoms with E-state index in [0.29, 0.717) is 26.0 Å². The van der Waals surface area contributed by atoms with E-state index >= 15 is 0 Å². The number of methoxy groups -OCH3 is 1. The van der Waals surface area contributed by atoms with E-state index in [1.807, 2.05) is 0 Å². The molecule has 1 amide bonds. The van der Waals surface area contributed by atoms with Gasteiger partial charge in [-0.3, -0.25) is 9.52 Å². The SMILES string of the molecule is COc1ccc(C(=O)Nc2ccc(Br)cc2C(=O)O)cc1S(=O)(=O)Nc1ccc(Cl)c2ccccc12. The lowest BCUT2D eigenvalue weighted by Gasteiger charge is -2.15. The molecular weight excluding hydrogens is 572 g/mol. The van der Waals surface area contributed by atoms with E-state index in [2.05, 4.69) is 26.0 Å². The topological polar surface area (TPSA) is 122 Å². The Labute approximate surface area is 220 Å². The van der Waals surface area contributed by atoms with Crippen molar-refractivity contribution in [1.29, 1.82) is 0 Å². The minimum absolute atomic E-state index is 0.0172. The Morgan fingerprint density at radius 3 is 2.33 bits per heavy atom. The first-order valence-electron chi connectivity index (χ1n) is 10.3. The Morgan fingerprint density at radius 2 is 1.64 bits per heavy atom. The molecule has 0 fully saturated rings. The number of carbonyl (C=O) groups excluding carboxylic acids is 1. The maximum Gasteiger partial charge on any atom is 0.337 e. The molecule has 8 nitrogen and oxygen atoms in total. The molecule has 184 valence electrons. The predicted molar refractivity (Wildman–Crippen MR) is 142 cm³/mol. The Hall–Kier alpha value is -3.60. The fourth-order valence-electron chi connectivity index (χ4n) is 3.58. The smallest absolute Gasteiger partial charge is 0.337 e. The normalized spacial score (nSPS) is 11.2. The van der Waals surface area contributed by atoms with Crippen LogP contribution in [-0.4, -0.2) is 32.5 Å². The highest BCUT2D eigenvalue weighted by Crippen LogP contribution is 2.33. The van der Waals surface area contributed by atoms with E-state index in [1.54, 1.807) is 42.5 Å². The summed E-state index contributed by atoms with van der Waals surface area (Å²) < 4.78 is 35.1. The molecule has 0 unspecified atom stereocenters. The molecular formula is C25H18BrClN2O6S. The predicted octanol–water partition coefficient (Wildman–Crippen LogP) is 6.02. The molecule has 36 heavy (non-hydrogen) atoms. The number of carbonyl (C=O) groups is 2. The zero-order chi connectivity index (χ0) is 26.0. The Bertz CT molecular complexity index is 1620. The second-order valence-corrected chi connectivity index (χ2v) is 10.5. The average Bonchev–Trinajstić information content (AvgIpc) is 2.86. The van der Waals surface area contributed by atoms with Crippen molar-refractivity contribution >= 4 is 71.6 Å². The van der Waals surface area contributed by atoms with Gasteiger partial charge in [-0.05, 0) is 48.5 Å². The first-order valence-corrected chi connectivity index (χ1v) is 13.0. The summed E-state index contributed by atoms with van der Waals surface area (Å²) in [5, 5.41) is 13.7. The summed E-state index contributed by atoms with van der Waals surface area (Å²) in [4.78, 5) is 24.2. The molecule has 11 heteroatoms. The summed E-state index contributed by atoms with van der Waals surface area (Å²) in [6, 6.07) is 18.4. The van der Waals surface area contributed by atoms with Crippen LogP contribution in [0.1, 0.15) is 20.7 Å². The van der Waals surface area contributed by atoms with Gasteiger partial charge in [0.25, 0.3) is 15.9 Å². The van der Waals surface area contributed by atoms with Gasteiger partial charge in [0.15, 0.2) is 0 Å². The van der Waals surface area contributed by atoms with Crippen molar-refractivity contribution in [3.8, 4) is 5.75 Å². The first-order chi connectivity index (χ1) is 17.1. The van der Waals surface area contributed by atoms with Gasteiger partial charge in [0.2, 0.25) is 0 Å². The van der Waals surface area contributed by atoms with Crippen molar-refractivity contribution in [2.75, 3.05) is 17.1 Å². The van der Waals surface area contributed by atoms with Crippen LogP contribution in [0.3, 0.4) is 0 Å². The van der Waals surface area contributed by atoms with Crippen molar-refractivity contribution in [1.82, 2.24) is 0 Å². The van der Waals surface area contributed by atoms with Crippen molar-refractivity contribution in [3.05, 3.63) is 93.4 Å². The Morgan fingerprint density at radius 1 is 0.944 bits per heavy atom. The van der Waals surface area contributed by atoms with Crippen LogP contribution >= 0.6 is 27.5 Å². The molecule has 0 heterocycles. The highest BCUT2D eigenvalue weighted by atomic mass is 79.9. The number of carboxylic acids is 1. The minimum Gasteiger partial charge on any atom is -0.495 e. The molecule has 3 N–H and O–H groups in total. The van der Waals surface area contributed by atoms with Gasteiger partial charge >= 0.3 is 5.97 Å². The third-order valence-electron chi connectivity index (χ3n) is 5.29. The molecule has 0 atom stereocenters. The van der Waals surface area contributed by atoms with Gasteiger partial charge in [0.1, 0.15) is 10.6 Å². The summed E-state index contributed by atoms with van der Waals surface area (Å²) in [6.45, 7) is 0. The largest absolute Gasteiger partial charge is 0.495 e. The molecule has 4 aromatic rings. The monoisotopic (exact) mass is 588 g/mol. The lowest BCUT2D eigenvalue weighted by Crippen LogP contribution is -2.18. The Kier molecular flexibility index (Phi) is 7.21. The van der Waals surface area contributed by atoms with E-state index in [9.17, 15) is 23.1 Å². The lowest BCUT2D eigenvalue weighted by atomic mass is 10.1. The van der Waals surface area contributed by atoms with Gasteiger partial charge in [0.05, 0.1) is 24.0 Å². The highest BCUT2D eigenvalue weighted by Gasteiger charge is 2.23. The number of hydrogen-bond donors (Lipinski definition) is 3. The quantitative estimate of drug-likeness (QED) is 0.243. The maximum atomic E-state index is 13.4. The number of fused-ring (bicyclic) bond motifs is 1. The third kappa shape index (κ3) is 5.15. The van der Waals surface area contributed by atoms with Gasteiger partial charge in [-0.25, -0.2) is 13.2 Å². The molecule has 0 bridgehead atoms. The molecule has 4 rings (SSSR count). The van der Waals surface area contributed by atoms with Crippen molar-refractivity contribution in [2.45, 2.75) is 4.90 Å². The number of halogens is 2. The molecule has 0 spiro atoms. The van der Waals surface area contributed by atoms with Crippen LogP contribution in [0, 0.1) is 0 Å². The van der Waals surface area contributed by atoms with Crippen LogP contribution in [0.4, 0.5) is 11.4 Å². The number of rotatable bonds is 7. The van der Waals surface area contributed by atoms with E-state index in [1.165, 1.54) is 31.4 Å². The number of nitrogens with one attached hydrogen (secondary N) is 2. The standard InChI is InChI=1S/C25H18BrClN2O6S/c1-35-22-11-6-14(24(30)28-20-9-7-15(26)13-18(20)25(31)32)12-23(22)36(33,34)29-21-10-8-19(27)16-4-2-3-5-17(16)21/h2-13,29H,1H3,(H,28,30)(H,31,32). The number of carboxylic acid groups (broad SMARTS) is 1. The van der Waals surface area contributed by atoms with Gasteiger partial charge in [-0.15, -0.1) is 0 Å². The summed E-state index contributed by atoms with van der Waals surface area (Å²) in [5.74, 6) is -1.91. The van der Waals surface area contributed by atoms with Gasteiger partial charge < -0.3 is 15.2 Å². The molecule has 0 aliphatic heterocycles. The minimum atomic E-state index is -4.21. The van der Waals surface area contributed by atoms with Crippen LogP contribution in [0.25, 0.3) is 10.8 Å². The average molecular weight is 590 g/mol. The van der Waals surface area contributed by atoms with Crippen LogP contribution < -0.4 is 14.8 Å². The third-order valence-corrected chi connectivity index (χ3v) is 7.50. The second-order valence-electron chi connectivity index (χ2n) is 7.56. The van der Waals surface area contributed by atoms with E-state index in [4.69, 9.17) is 16.3 Å². The number of anilines is 2. The van der Waals surface area contributed by atoms with Crippen LogP contribution in [0.5, 0.6) is 5.75 Å². The number of aromatic carboxylic acids is 1. The number of hydrogen-bond acceptors (Lipinski definition) is 5. The zero-order valence-corrected chi connectivity index (χ0v) is 21.7. The molecule has 0 aliphatic rings. The summed E-state index contributed by atoms with van der Waals surface area (Å²) in [6.07, 6.45) is 0. The van der Waals surface area contributed by atoms with Crippen molar-refractivity contribution < 1.29 is 27.9 Å². The molecule has 0 radical (unpaired) electrons. The number of amides is 1. The molecule has 0 aromatic heterocycles. The van der Waals surface area contributed by atoms with Crippen LogP contribution in [0.15, 0.2) is 82.2 Å². The highest BCUT2D eigenvalue weighted by molar-refractivity contribution is 9.10. The van der Waals surface area contributed by atoms with E-state index in [-0.39, 0.29) is 27.5 Å². The Balaban J connectivity index is 1.71. The van der Waals surface area contributed by atoms with Gasteiger partial charge in [0, 0.05) is 25.8 Å². The van der Waals surface area contributed by atoms with Gasteiger partial charge in [-0.2, -0.15) is 0 Å². The lowest BCUT2D eigenvalue weighted by molar-refractivity contribution is 0.0698. The molecule has 0 saturated heterocycles. The molecule has 0 aliphatic carbocycles. The van der Waals surface area contributed by atoms with Crippen LogP contribution in [0.2, 0.25) is 5.02 Å².